The first-order valence-corrected chi connectivity index (χ1v) is 9.92. The van der Waals surface area contributed by atoms with Gasteiger partial charge in [0.05, 0.1) is 0 Å². The molecule has 5 heteroatoms. The molecule has 2 unspecified atom stereocenters. The number of hydrogen-bond acceptors (Lipinski definition) is 3. The van der Waals surface area contributed by atoms with Gasteiger partial charge in [0, 0.05) is 43.3 Å². The second-order valence-electron chi connectivity index (χ2n) is 6.75. The number of nitrogens with one attached hydrogen (secondary N) is 2. The van der Waals surface area contributed by atoms with E-state index < -0.39 is 0 Å². The molecule has 4 nitrogen and oxygen atoms in total. The highest BCUT2D eigenvalue weighted by molar-refractivity contribution is 7.09. The highest BCUT2D eigenvalue weighted by Crippen LogP contribution is 2.19. The molecule has 1 saturated heterocycles. The molecule has 2 heterocycles. The van der Waals surface area contributed by atoms with Crippen LogP contribution in [0.2, 0.25) is 0 Å². The Morgan fingerprint density at radius 3 is 2.84 bits per heavy atom. The minimum absolute atomic E-state index is 0.444. The van der Waals surface area contributed by atoms with E-state index >= 15 is 0 Å². The van der Waals surface area contributed by atoms with Crippen molar-refractivity contribution in [1.82, 2.24) is 10.6 Å². The second kappa shape index (κ2) is 8.90. The standard InChI is InChI=1S/C20H28N4S/c1-16(13-19-9-6-12-25-19)14-22-20(21-2)23-17-10-11-24(15-17)18-7-4-3-5-8-18/h3-9,12,16-17H,10-11,13-15H2,1-2H3,(H2,21,22,23). The molecule has 1 aliphatic rings. The Labute approximate surface area is 155 Å². The fraction of sp³-hybridized carbons (Fsp3) is 0.450. The van der Waals surface area contributed by atoms with E-state index in [-0.39, 0.29) is 0 Å². The Balaban J connectivity index is 1.43. The molecule has 1 fully saturated rings. The lowest BCUT2D eigenvalue weighted by Crippen LogP contribution is -2.45. The molecular formula is C20H28N4S. The maximum absolute atomic E-state index is 4.40. The zero-order valence-electron chi connectivity index (χ0n) is 15.1. The van der Waals surface area contributed by atoms with Crippen LogP contribution in [0.15, 0.2) is 52.8 Å². The van der Waals surface area contributed by atoms with Crippen molar-refractivity contribution < 1.29 is 0 Å². The van der Waals surface area contributed by atoms with Gasteiger partial charge in [-0.15, -0.1) is 11.3 Å². The van der Waals surface area contributed by atoms with E-state index in [1.54, 1.807) is 0 Å². The predicted octanol–water partition coefficient (Wildman–Crippen LogP) is 3.37. The number of hydrogen-bond donors (Lipinski definition) is 2. The van der Waals surface area contributed by atoms with Gasteiger partial charge in [-0.05, 0) is 42.3 Å². The molecule has 25 heavy (non-hydrogen) atoms. The second-order valence-corrected chi connectivity index (χ2v) is 7.79. The van der Waals surface area contributed by atoms with E-state index in [0.717, 1.165) is 38.4 Å². The van der Waals surface area contributed by atoms with Crippen molar-refractivity contribution >= 4 is 23.0 Å². The van der Waals surface area contributed by atoms with Crippen LogP contribution < -0.4 is 15.5 Å². The third kappa shape index (κ3) is 5.23. The molecule has 2 atom stereocenters. The van der Waals surface area contributed by atoms with Gasteiger partial charge in [0.25, 0.3) is 0 Å². The van der Waals surface area contributed by atoms with Crippen LogP contribution in [-0.2, 0) is 6.42 Å². The van der Waals surface area contributed by atoms with Gasteiger partial charge in [-0.25, -0.2) is 0 Å². The fourth-order valence-corrected chi connectivity index (χ4v) is 4.12. The van der Waals surface area contributed by atoms with Crippen LogP contribution in [0.4, 0.5) is 5.69 Å². The van der Waals surface area contributed by atoms with Crippen molar-refractivity contribution in [2.24, 2.45) is 10.9 Å². The Kier molecular flexibility index (Phi) is 6.34. The average Bonchev–Trinajstić information content (AvgIpc) is 3.31. The topological polar surface area (TPSA) is 39.7 Å². The molecule has 2 N–H and O–H groups in total. The highest BCUT2D eigenvalue weighted by Gasteiger charge is 2.23. The third-order valence-corrected chi connectivity index (χ3v) is 5.52. The Hall–Kier alpha value is -2.01. The predicted molar refractivity (Wildman–Crippen MR) is 109 cm³/mol. The van der Waals surface area contributed by atoms with E-state index in [0.29, 0.717) is 12.0 Å². The minimum atomic E-state index is 0.444. The summed E-state index contributed by atoms with van der Waals surface area (Å²) >= 11 is 1.84. The summed E-state index contributed by atoms with van der Waals surface area (Å²) in [4.78, 5) is 8.28. The molecule has 0 aliphatic carbocycles. The van der Waals surface area contributed by atoms with E-state index in [1.807, 2.05) is 18.4 Å². The first-order chi connectivity index (χ1) is 12.2. The van der Waals surface area contributed by atoms with Gasteiger partial charge in [-0.2, -0.15) is 0 Å². The van der Waals surface area contributed by atoms with Gasteiger partial charge in [0.15, 0.2) is 5.96 Å². The molecule has 134 valence electrons. The lowest BCUT2D eigenvalue weighted by atomic mass is 10.1. The summed E-state index contributed by atoms with van der Waals surface area (Å²) in [6.07, 6.45) is 2.26. The van der Waals surface area contributed by atoms with Crippen molar-refractivity contribution in [3.63, 3.8) is 0 Å². The lowest BCUT2D eigenvalue weighted by molar-refractivity contribution is 0.554. The zero-order chi connectivity index (χ0) is 17.5. The Morgan fingerprint density at radius 2 is 2.12 bits per heavy atom. The normalized spacial score (nSPS) is 19.0. The number of nitrogens with zero attached hydrogens (tertiary/aromatic N) is 2. The average molecular weight is 357 g/mol. The van der Waals surface area contributed by atoms with Crippen LogP contribution in [0.3, 0.4) is 0 Å². The van der Waals surface area contributed by atoms with Gasteiger partial charge in [0.1, 0.15) is 0 Å². The summed E-state index contributed by atoms with van der Waals surface area (Å²) in [7, 11) is 1.85. The molecular weight excluding hydrogens is 328 g/mol. The number of guanidine groups is 1. The van der Waals surface area contributed by atoms with E-state index in [9.17, 15) is 0 Å². The number of anilines is 1. The maximum Gasteiger partial charge on any atom is 0.191 e. The van der Waals surface area contributed by atoms with Gasteiger partial charge < -0.3 is 15.5 Å². The van der Waals surface area contributed by atoms with E-state index in [2.05, 4.69) is 75.3 Å². The van der Waals surface area contributed by atoms with Crippen molar-refractivity contribution in [2.45, 2.75) is 25.8 Å². The van der Waals surface area contributed by atoms with Crippen molar-refractivity contribution in [3.8, 4) is 0 Å². The number of rotatable bonds is 6. The summed E-state index contributed by atoms with van der Waals surface area (Å²) in [5.74, 6) is 1.50. The number of benzene rings is 1. The van der Waals surface area contributed by atoms with Crippen LogP contribution in [0, 0.1) is 5.92 Å². The molecule has 1 aromatic carbocycles. The third-order valence-electron chi connectivity index (χ3n) is 4.62. The van der Waals surface area contributed by atoms with Gasteiger partial charge in [0.2, 0.25) is 0 Å². The summed E-state index contributed by atoms with van der Waals surface area (Å²) < 4.78 is 0. The zero-order valence-corrected chi connectivity index (χ0v) is 15.9. The summed E-state index contributed by atoms with van der Waals surface area (Å²) in [5, 5.41) is 9.21. The Bertz CT molecular complexity index is 654. The van der Waals surface area contributed by atoms with Gasteiger partial charge >= 0.3 is 0 Å². The molecule has 0 spiro atoms. The molecule has 1 aromatic heterocycles. The molecule has 1 aliphatic heterocycles. The van der Waals surface area contributed by atoms with E-state index in [4.69, 9.17) is 0 Å². The van der Waals surface area contributed by atoms with Crippen LogP contribution in [0.1, 0.15) is 18.2 Å². The quantitative estimate of drug-likeness (QED) is 0.616. The first-order valence-electron chi connectivity index (χ1n) is 9.04. The minimum Gasteiger partial charge on any atom is -0.369 e. The molecule has 0 bridgehead atoms. The largest absolute Gasteiger partial charge is 0.369 e. The monoisotopic (exact) mass is 356 g/mol. The summed E-state index contributed by atoms with van der Waals surface area (Å²) in [6, 6.07) is 15.4. The molecule has 0 saturated carbocycles. The van der Waals surface area contributed by atoms with Gasteiger partial charge in [-0.3, -0.25) is 4.99 Å². The van der Waals surface area contributed by atoms with Gasteiger partial charge in [-0.1, -0.05) is 31.2 Å². The molecule has 0 radical (unpaired) electrons. The molecule has 2 aromatic rings. The first kappa shape index (κ1) is 17.8. The summed E-state index contributed by atoms with van der Waals surface area (Å²) in [6.45, 7) is 5.34. The van der Waals surface area contributed by atoms with Crippen LogP contribution in [0.25, 0.3) is 0 Å². The summed E-state index contributed by atoms with van der Waals surface area (Å²) in [5.41, 5.74) is 1.30. The van der Waals surface area contributed by atoms with Crippen molar-refractivity contribution in [3.05, 3.63) is 52.7 Å². The molecule has 3 rings (SSSR count). The number of thiophene rings is 1. The van der Waals surface area contributed by atoms with E-state index in [1.165, 1.54) is 10.6 Å². The number of para-hydroxylation sites is 1. The maximum atomic E-state index is 4.40. The van der Waals surface area contributed by atoms with Crippen molar-refractivity contribution in [1.29, 1.82) is 0 Å². The number of aliphatic imine (C=N–C) groups is 1. The SMILES string of the molecule is CN=C(NCC(C)Cc1cccs1)NC1CCN(c2ccccc2)C1. The molecule has 0 amide bonds. The van der Waals surface area contributed by atoms with Crippen LogP contribution >= 0.6 is 11.3 Å². The smallest absolute Gasteiger partial charge is 0.191 e. The van der Waals surface area contributed by atoms with Crippen LogP contribution in [0.5, 0.6) is 0 Å². The highest BCUT2D eigenvalue weighted by atomic mass is 32.1. The van der Waals surface area contributed by atoms with Crippen LogP contribution in [-0.4, -0.2) is 38.7 Å². The Morgan fingerprint density at radius 1 is 1.28 bits per heavy atom. The lowest BCUT2D eigenvalue weighted by Gasteiger charge is -2.21. The van der Waals surface area contributed by atoms with Crippen molar-refractivity contribution in [2.75, 3.05) is 31.6 Å². The fourth-order valence-electron chi connectivity index (χ4n) is 3.25.